The molecule has 114 heavy (non-hydrogen) atoms. The second-order valence-corrected chi connectivity index (χ2v) is 31.8. The molecule has 0 spiro atoms. The van der Waals surface area contributed by atoms with Crippen molar-refractivity contribution in [3.8, 4) is 39.3 Å². The number of hydrogen-bond donors (Lipinski definition) is 0. The maximum Gasteiger partial charge on any atom is 0.135 e. The molecule has 21 rings (SSSR count). The first-order valence-electron chi connectivity index (χ1n) is 39.7. The van der Waals surface area contributed by atoms with E-state index in [4.69, 9.17) is 4.42 Å². The predicted octanol–water partition coefficient (Wildman–Crippen LogP) is 29.4. The molecule has 0 radical (unpaired) electrons. The van der Waals surface area contributed by atoms with Crippen LogP contribution in [0.15, 0.2) is 350 Å². The third kappa shape index (κ3) is 11.6. The SMILES string of the molecule is Cc1c(C)n(-c2ccccc2)c2cc3c(cc12)-c1ccc(/C=C/c2ccc4c(c2)c2cc(N(c5ccccc5)c5ccccc5)ccc2n4-c2ccccc2)cc1C3(C)C.Cc1c(C)n(-c2ccccc2)c2cc3c(cc12)-c1ccc(/C=C/c2ccc4oc5ccc(N(c6ccccc6)c6ccccc6)cc5c4c2)cc1C3(C)C. The van der Waals surface area contributed by atoms with E-state index in [2.05, 4.69) is 449 Å². The van der Waals surface area contributed by atoms with E-state index < -0.39 is 0 Å². The number of rotatable bonds is 13. The van der Waals surface area contributed by atoms with E-state index in [-0.39, 0.29) is 10.8 Å². The van der Waals surface area contributed by atoms with Crippen molar-refractivity contribution in [3.63, 3.8) is 0 Å². The molecule has 6 nitrogen and oxygen atoms in total. The summed E-state index contributed by atoms with van der Waals surface area (Å²) in [7, 11) is 0. The van der Waals surface area contributed by atoms with E-state index in [1.807, 2.05) is 0 Å². The highest BCUT2D eigenvalue weighted by atomic mass is 16.3. The van der Waals surface area contributed by atoms with E-state index in [1.54, 1.807) is 0 Å². The molecule has 0 N–H and O–H groups in total. The molecule has 0 amide bonds. The molecule has 0 saturated carbocycles. The molecule has 19 aromatic rings. The minimum Gasteiger partial charge on any atom is -0.456 e. The Morgan fingerprint density at radius 1 is 0.246 bits per heavy atom. The van der Waals surface area contributed by atoms with E-state index in [0.29, 0.717) is 0 Å². The summed E-state index contributed by atoms with van der Waals surface area (Å²) in [6.45, 7) is 18.5. The van der Waals surface area contributed by atoms with Gasteiger partial charge >= 0.3 is 0 Å². The van der Waals surface area contributed by atoms with Gasteiger partial charge in [-0.15, -0.1) is 0 Å². The molecule has 2 aliphatic carbocycles. The van der Waals surface area contributed by atoms with Crippen molar-refractivity contribution in [2.24, 2.45) is 0 Å². The van der Waals surface area contributed by atoms with Gasteiger partial charge in [-0.3, -0.25) is 0 Å². The highest BCUT2D eigenvalue weighted by Crippen LogP contribution is 2.54. The molecule has 4 heterocycles. The average Bonchev–Trinajstić information content (AvgIpc) is 1.56. The number of furan rings is 1. The fourth-order valence-electron chi connectivity index (χ4n) is 18.4. The van der Waals surface area contributed by atoms with Gasteiger partial charge in [0.15, 0.2) is 0 Å². The normalized spacial score (nSPS) is 13.2. The third-order valence-corrected chi connectivity index (χ3v) is 24.5. The molecule has 548 valence electrons. The van der Waals surface area contributed by atoms with Crippen molar-refractivity contribution in [2.75, 3.05) is 9.80 Å². The van der Waals surface area contributed by atoms with Crippen molar-refractivity contribution in [2.45, 2.75) is 66.2 Å². The summed E-state index contributed by atoms with van der Waals surface area (Å²) in [5.74, 6) is 0. The van der Waals surface area contributed by atoms with Crippen LogP contribution >= 0.6 is 0 Å². The Morgan fingerprint density at radius 3 is 0.974 bits per heavy atom. The molecule has 0 unspecified atom stereocenters. The molecule has 4 aromatic heterocycles. The molecule has 6 heteroatoms. The summed E-state index contributed by atoms with van der Waals surface area (Å²) in [6.07, 6.45) is 9.02. The molecule has 0 atom stereocenters. The lowest BCUT2D eigenvalue weighted by atomic mass is 9.81. The standard InChI is InChI=1S/C57H45N3.C51H40N2O/c1-38-39(2)58(42-17-9-5-10-18-42)56-37-53-49(36-48(38)56)47-30-27-41(34-52(47)57(53,3)4)26-25-40-28-31-54-50(33-40)51-35-46(29-32-55(51)60(54)45-23-15-8-16-24-45)59(43-19-11-6-12-20-43)44-21-13-7-14-22-44;1-33-34(2)52(37-14-8-5-9-15-37)48-32-47-43(31-42(33)48)41-25-22-36(29-46(41)51(47,3)4)21-20-35-23-26-49-44(28-35)45-30-40(24-27-50(45)54-49)53(38-16-10-6-11-17-38)39-18-12-7-13-19-39/h5-37H,1-4H3;5-32H,1-4H3/b26-25+;21-20+. The first-order chi connectivity index (χ1) is 55.7. The lowest BCUT2D eigenvalue weighted by Crippen LogP contribution is -2.15. The summed E-state index contributed by atoms with van der Waals surface area (Å²) in [4.78, 5) is 4.63. The van der Waals surface area contributed by atoms with Gasteiger partial charge in [0.05, 0.1) is 22.1 Å². The molecular weight excluding hydrogens is 1380 g/mol. The highest BCUT2D eigenvalue weighted by Gasteiger charge is 2.39. The quantitative estimate of drug-likeness (QED) is 0.108. The summed E-state index contributed by atoms with van der Waals surface area (Å²) < 4.78 is 13.6. The van der Waals surface area contributed by atoms with E-state index >= 15 is 0 Å². The third-order valence-electron chi connectivity index (χ3n) is 24.5. The van der Waals surface area contributed by atoms with Crippen LogP contribution in [0, 0.1) is 27.7 Å². The smallest absolute Gasteiger partial charge is 0.135 e. The van der Waals surface area contributed by atoms with Crippen LogP contribution in [0.5, 0.6) is 0 Å². The number of benzene rings is 15. The lowest BCUT2D eigenvalue weighted by Gasteiger charge is -2.25. The minimum absolute atomic E-state index is 0.129. The van der Waals surface area contributed by atoms with Crippen LogP contribution in [0.1, 0.15) is 94.7 Å². The van der Waals surface area contributed by atoms with Gasteiger partial charge in [-0.2, -0.15) is 0 Å². The van der Waals surface area contributed by atoms with E-state index in [0.717, 1.165) is 67.3 Å². The maximum absolute atomic E-state index is 6.35. The van der Waals surface area contributed by atoms with E-state index in [9.17, 15) is 0 Å². The number of nitrogens with zero attached hydrogens (tertiary/aromatic N) is 5. The molecule has 15 aromatic carbocycles. The number of aromatic nitrogens is 3. The van der Waals surface area contributed by atoms with Crippen LogP contribution in [-0.4, -0.2) is 13.7 Å². The number of fused-ring (bicyclic) bond motifs is 14. The summed E-state index contributed by atoms with van der Waals surface area (Å²) >= 11 is 0. The minimum atomic E-state index is -0.139. The Bertz CT molecular complexity index is 6960. The van der Waals surface area contributed by atoms with Crippen molar-refractivity contribution >= 4 is 124 Å². The first-order valence-corrected chi connectivity index (χ1v) is 39.7. The summed E-state index contributed by atoms with van der Waals surface area (Å²) in [6, 6.07) is 125. The molecular formula is C108H85N5O. The largest absolute Gasteiger partial charge is 0.456 e. The van der Waals surface area contributed by atoms with Crippen LogP contribution < -0.4 is 9.80 Å². The van der Waals surface area contributed by atoms with Gasteiger partial charge in [-0.1, -0.05) is 228 Å². The van der Waals surface area contributed by atoms with Gasteiger partial charge in [0.2, 0.25) is 0 Å². The maximum atomic E-state index is 6.35. The fraction of sp³-hybridized carbons (Fsp3) is 0.0926. The fourth-order valence-corrected chi connectivity index (χ4v) is 18.4. The summed E-state index contributed by atoms with van der Waals surface area (Å²) in [5.41, 5.74) is 37.5. The van der Waals surface area contributed by atoms with Gasteiger partial charge < -0.3 is 27.9 Å². The first kappa shape index (κ1) is 69.3. The monoisotopic (exact) mass is 1470 g/mol. The zero-order valence-corrected chi connectivity index (χ0v) is 65.4. The van der Waals surface area contributed by atoms with Crippen molar-refractivity contribution in [1.82, 2.24) is 13.7 Å². The highest BCUT2D eigenvalue weighted by molar-refractivity contribution is 6.12. The second kappa shape index (κ2) is 27.5. The Labute approximate surface area is 666 Å². The van der Waals surface area contributed by atoms with Crippen LogP contribution in [0.25, 0.3) is 129 Å². The molecule has 0 aliphatic heterocycles. The van der Waals surface area contributed by atoms with Crippen LogP contribution in [0.4, 0.5) is 34.1 Å². The zero-order valence-electron chi connectivity index (χ0n) is 65.4. The Morgan fingerprint density at radius 2 is 0.553 bits per heavy atom. The van der Waals surface area contributed by atoms with Crippen LogP contribution in [0.3, 0.4) is 0 Å². The predicted molar refractivity (Wildman–Crippen MR) is 482 cm³/mol. The average molecular weight is 1470 g/mol. The summed E-state index contributed by atoms with van der Waals surface area (Å²) in [5, 5.41) is 7.30. The molecule has 0 fully saturated rings. The Balaban J connectivity index is 0.000000149. The van der Waals surface area contributed by atoms with Crippen molar-refractivity contribution in [3.05, 3.63) is 413 Å². The molecule has 2 aliphatic rings. The Kier molecular flexibility index (Phi) is 16.7. The zero-order chi connectivity index (χ0) is 77.1. The second-order valence-electron chi connectivity index (χ2n) is 31.8. The van der Waals surface area contributed by atoms with Gasteiger partial charge in [0.1, 0.15) is 11.2 Å². The lowest BCUT2D eigenvalue weighted by molar-refractivity contribution is 0.660. The Hall–Kier alpha value is -13.9. The van der Waals surface area contributed by atoms with E-state index in [1.165, 1.54) is 139 Å². The topological polar surface area (TPSA) is 34.4 Å². The van der Waals surface area contributed by atoms with Gasteiger partial charge in [0, 0.05) is 106 Å². The number of aryl methyl sites for hydroxylation is 2. The van der Waals surface area contributed by atoms with Gasteiger partial charge in [0.25, 0.3) is 0 Å². The molecule has 0 saturated heterocycles. The van der Waals surface area contributed by atoms with Crippen LogP contribution in [0.2, 0.25) is 0 Å². The van der Waals surface area contributed by atoms with Crippen molar-refractivity contribution in [1.29, 1.82) is 0 Å². The number of hydrogen-bond acceptors (Lipinski definition) is 3. The number of para-hydroxylation sites is 7. The van der Waals surface area contributed by atoms with Crippen molar-refractivity contribution < 1.29 is 4.42 Å². The molecule has 0 bridgehead atoms. The van der Waals surface area contributed by atoms with Crippen LogP contribution in [-0.2, 0) is 10.8 Å². The van der Waals surface area contributed by atoms with Gasteiger partial charge in [-0.25, -0.2) is 0 Å². The number of anilines is 6. The van der Waals surface area contributed by atoms with Gasteiger partial charge in [-0.05, 0) is 275 Å².